The summed E-state index contributed by atoms with van der Waals surface area (Å²) < 4.78 is 12.9. The highest BCUT2D eigenvalue weighted by Gasteiger charge is 2.13. The van der Waals surface area contributed by atoms with Gasteiger partial charge in [0.15, 0.2) is 5.82 Å². The fraction of sp³-hybridized carbons (Fsp3) is 0.417. The topological polar surface area (TPSA) is 74.1 Å². The van der Waals surface area contributed by atoms with Crippen LogP contribution in [0.3, 0.4) is 0 Å². The lowest BCUT2D eigenvalue weighted by Gasteiger charge is -2.10. The quantitative estimate of drug-likeness (QED) is 0.762. The van der Waals surface area contributed by atoms with Gasteiger partial charge in [0.05, 0.1) is 20.3 Å². The Balaban J connectivity index is 2.21. The first-order valence-electron chi connectivity index (χ1n) is 6.07. The van der Waals surface area contributed by atoms with Gasteiger partial charge in [-0.15, -0.1) is 5.10 Å². The van der Waals surface area contributed by atoms with Gasteiger partial charge in [-0.3, -0.25) is 0 Å². The van der Waals surface area contributed by atoms with Gasteiger partial charge >= 0.3 is 0 Å². The van der Waals surface area contributed by atoms with Crippen molar-refractivity contribution in [1.29, 1.82) is 0 Å². The van der Waals surface area contributed by atoms with Crippen molar-refractivity contribution in [3.63, 3.8) is 0 Å². The molecule has 1 heterocycles. The highest BCUT2D eigenvalue weighted by atomic mass is 79.9. The molecule has 20 heavy (non-hydrogen) atoms. The molecule has 0 amide bonds. The third-order valence-corrected chi connectivity index (χ3v) is 3.16. The van der Waals surface area contributed by atoms with Crippen molar-refractivity contribution in [2.24, 2.45) is 0 Å². The number of benzene rings is 1. The number of methoxy groups -OCH3 is 2. The summed E-state index contributed by atoms with van der Waals surface area (Å²) in [6.07, 6.45) is 0. The molecule has 8 heteroatoms. The Kier molecular flexibility index (Phi) is 5.45. The first-order chi connectivity index (χ1) is 9.76. The van der Waals surface area contributed by atoms with Crippen LogP contribution in [0, 0.1) is 0 Å². The number of nitrogens with one attached hydrogen (secondary N) is 1. The maximum Gasteiger partial charge on any atom is 0.170 e. The SMILES string of the molecule is COCCNCc1nnnn1-c1cc(Br)ccc1OC. The maximum atomic E-state index is 5.34. The molecule has 0 aliphatic rings. The lowest BCUT2D eigenvalue weighted by molar-refractivity contribution is 0.199. The van der Waals surface area contributed by atoms with Gasteiger partial charge < -0.3 is 14.8 Å². The smallest absolute Gasteiger partial charge is 0.170 e. The maximum absolute atomic E-state index is 5.34. The molecule has 0 saturated heterocycles. The van der Waals surface area contributed by atoms with Crippen molar-refractivity contribution in [2.45, 2.75) is 6.54 Å². The number of hydrogen-bond acceptors (Lipinski definition) is 6. The number of ether oxygens (including phenoxy) is 2. The summed E-state index contributed by atoms with van der Waals surface area (Å²) in [5.74, 6) is 1.41. The fourth-order valence-corrected chi connectivity index (χ4v) is 2.06. The van der Waals surface area contributed by atoms with Gasteiger partial charge in [-0.05, 0) is 28.6 Å². The second-order valence-electron chi connectivity index (χ2n) is 3.99. The number of hydrogen-bond donors (Lipinski definition) is 1. The third kappa shape index (κ3) is 3.53. The summed E-state index contributed by atoms with van der Waals surface area (Å²) in [4.78, 5) is 0. The molecule has 7 nitrogen and oxygen atoms in total. The number of halogens is 1. The molecular formula is C12H16BrN5O2. The second kappa shape index (κ2) is 7.32. The van der Waals surface area contributed by atoms with Crippen LogP contribution < -0.4 is 10.1 Å². The zero-order valence-electron chi connectivity index (χ0n) is 11.3. The molecule has 2 rings (SSSR count). The number of aromatic nitrogens is 4. The van der Waals surface area contributed by atoms with Crippen molar-refractivity contribution >= 4 is 15.9 Å². The van der Waals surface area contributed by atoms with Gasteiger partial charge in [0.1, 0.15) is 11.4 Å². The van der Waals surface area contributed by atoms with Gasteiger partial charge in [-0.1, -0.05) is 15.9 Å². The van der Waals surface area contributed by atoms with E-state index in [-0.39, 0.29) is 0 Å². The average Bonchev–Trinajstić information content (AvgIpc) is 2.92. The minimum atomic E-state index is 0.548. The van der Waals surface area contributed by atoms with E-state index in [2.05, 4.69) is 36.8 Å². The van der Waals surface area contributed by atoms with E-state index in [1.54, 1.807) is 18.9 Å². The Hall–Kier alpha value is -1.51. The average molecular weight is 342 g/mol. The molecule has 1 aromatic heterocycles. The molecule has 0 spiro atoms. The second-order valence-corrected chi connectivity index (χ2v) is 4.91. The molecule has 108 valence electrons. The molecule has 2 aromatic rings. The molecule has 1 aromatic carbocycles. The van der Waals surface area contributed by atoms with E-state index in [4.69, 9.17) is 9.47 Å². The minimum Gasteiger partial charge on any atom is -0.494 e. The molecule has 0 atom stereocenters. The fourth-order valence-electron chi connectivity index (χ4n) is 1.71. The van der Waals surface area contributed by atoms with Crippen LogP contribution in [0.2, 0.25) is 0 Å². The molecule has 0 aliphatic heterocycles. The van der Waals surface area contributed by atoms with Gasteiger partial charge in [0, 0.05) is 18.1 Å². The number of nitrogens with zero attached hydrogens (tertiary/aromatic N) is 4. The minimum absolute atomic E-state index is 0.548. The van der Waals surface area contributed by atoms with Crippen LogP contribution >= 0.6 is 15.9 Å². The van der Waals surface area contributed by atoms with Crippen molar-refractivity contribution < 1.29 is 9.47 Å². The highest BCUT2D eigenvalue weighted by Crippen LogP contribution is 2.26. The summed E-state index contributed by atoms with van der Waals surface area (Å²) >= 11 is 3.44. The molecule has 0 radical (unpaired) electrons. The van der Waals surface area contributed by atoms with Crippen LogP contribution in [0.5, 0.6) is 5.75 Å². The molecule has 0 saturated carbocycles. The zero-order chi connectivity index (χ0) is 14.4. The van der Waals surface area contributed by atoms with E-state index < -0.39 is 0 Å². The Bertz CT molecular complexity index is 561. The standard InChI is InChI=1S/C12H16BrN5O2/c1-19-6-5-14-8-12-15-16-17-18(12)10-7-9(13)3-4-11(10)20-2/h3-4,7,14H,5-6,8H2,1-2H3. The molecule has 0 aliphatic carbocycles. The van der Waals surface area contributed by atoms with Crippen LogP contribution in [-0.4, -0.2) is 47.6 Å². The van der Waals surface area contributed by atoms with Crippen LogP contribution in [0.15, 0.2) is 22.7 Å². The Morgan fingerprint density at radius 1 is 1.35 bits per heavy atom. The van der Waals surface area contributed by atoms with Crippen molar-refractivity contribution in [1.82, 2.24) is 25.5 Å². The van der Waals surface area contributed by atoms with E-state index >= 15 is 0 Å². The first kappa shape index (κ1) is 14.9. The normalized spacial score (nSPS) is 10.8. The first-order valence-corrected chi connectivity index (χ1v) is 6.86. The summed E-state index contributed by atoms with van der Waals surface area (Å²) in [6, 6.07) is 5.68. The Morgan fingerprint density at radius 2 is 2.20 bits per heavy atom. The number of rotatable bonds is 7. The highest BCUT2D eigenvalue weighted by molar-refractivity contribution is 9.10. The van der Waals surface area contributed by atoms with Gasteiger partial charge in [0.25, 0.3) is 0 Å². The predicted octanol–water partition coefficient (Wildman–Crippen LogP) is 1.17. The largest absolute Gasteiger partial charge is 0.494 e. The van der Waals surface area contributed by atoms with E-state index in [0.717, 1.165) is 16.7 Å². The third-order valence-electron chi connectivity index (χ3n) is 2.67. The summed E-state index contributed by atoms with van der Waals surface area (Å²) in [5.41, 5.74) is 0.787. The number of tetrazole rings is 1. The van der Waals surface area contributed by atoms with E-state index in [1.165, 1.54) is 0 Å². The zero-order valence-corrected chi connectivity index (χ0v) is 12.9. The van der Waals surface area contributed by atoms with Crippen molar-refractivity contribution in [2.75, 3.05) is 27.4 Å². The van der Waals surface area contributed by atoms with E-state index in [1.807, 2.05) is 18.2 Å². The predicted molar refractivity (Wildman–Crippen MR) is 77.0 cm³/mol. The summed E-state index contributed by atoms with van der Waals surface area (Å²) in [5, 5.41) is 15.0. The van der Waals surface area contributed by atoms with Crippen LogP contribution in [0.4, 0.5) is 0 Å². The molecule has 0 bridgehead atoms. The van der Waals surface area contributed by atoms with E-state index in [9.17, 15) is 0 Å². The summed E-state index contributed by atoms with van der Waals surface area (Å²) in [6.45, 7) is 1.92. The van der Waals surface area contributed by atoms with Crippen LogP contribution in [0.25, 0.3) is 5.69 Å². The van der Waals surface area contributed by atoms with Crippen LogP contribution in [0.1, 0.15) is 5.82 Å². The lowest BCUT2D eigenvalue weighted by atomic mass is 10.3. The van der Waals surface area contributed by atoms with Crippen molar-refractivity contribution in [3.8, 4) is 11.4 Å². The monoisotopic (exact) mass is 341 g/mol. The summed E-state index contributed by atoms with van der Waals surface area (Å²) in [7, 11) is 3.28. The van der Waals surface area contributed by atoms with Gasteiger partial charge in [0.2, 0.25) is 0 Å². The van der Waals surface area contributed by atoms with Gasteiger partial charge in [-0.25, -0.2) is 0 Å². The lowest BCUT2D eigenvalue weighted by Crippen LogP contribution is -2.21. The Labute approximate surface area is 125 Å². The van der Waals surface area contributed by atoms with E-state index in [0.29, 0.717) is 24.7 Å². The molecule has 0 unspecified atom stereocenters. The van der Waals surface area contributed by atoms with Crippen LogP contribution in [-0.2, 0) is 11.3 Å². The van der Waals surface area contributed by atoms with Gasteiger partial charge in [-0.2, -0.15) is 4.68 Å². The Morgan fingerprint density at radius 3 is 2.95 bits per heavy atom. The molecule has 0 fully saturated rings. The molecular weight excluding hydrogens is 326 g/mol. The van der Waals surface area contributed by atoms with Crippen molar-refractivity contribution in [3.05, 3.63) is 28.5 Å². The molecule has 1 N–H and O–H groups in total.